The van der Waals surface area contributed by atoms with Gasteiger partial charge in [-0.05, 0) is 37.0 Å². The molecule has 1 fully saturated rings. The number of halogens is 1. The lowest BCUT2D eigenvalue weighted by Gasteiger charge is -2.03. The fourth-order valence-electron chi connectivity index (χ4n) is 1.59. The lowest BCUT2D eigenvalue weighted by atomic mass is 10.0. The van der Waals surface area contributed by atoms with Gasteiger partial charge in [0.2, 0.25) is 0 Å². The predicted molar refractivity (Wildman–Crippen MR) is 58.5 cm³/mol. The maximum atomic E-state index is 5.79. The van der Waals surface area contributed by atoms with Crippen LogP contribution >= 0.6 is 12.4 Å². The van der Waals surface area contributed by atoms with E-state index in [9.17, 15) is 0 Å². The van der Waals surface area contributed by atoms with Crippen LogP contribution in [-0.4, -0.2) is 6.04 Å². The Morgan fingerprint density at radius 1 is 1.23 bits per heavy atom. The van der Waals surface area contributed by atoms with Gasteiger partial charge in [-0.3, -0.25) is 0 Å². The maximum absolute atomic E-state index is 5.79. The molecule has 1 saturated carbocycles. The van der Waals surface area contributed by atoms with Gasteiger partial charge in [0.05, 0.1) is 0 Å². The highest BCUT2D eigenvalue weighted by atomic mass is 35.5. The standard InChI is InChI=1S/C11H15N.ClH/c1-7-3-4-9(5-8(7)2)10-6-11(10)12;/h3-5,10-11H,6,12H2,1-2H3;1H/t10-,11+;/m0./s1. The van der Waals surface area contributed by atoms with Crippen LogP contribution in [0.2, 0.25) is 0 Å². The van der Waals surface area contributed by atoms with Crippen LogP contribution < -0.4 is 5.73 Å². The van der Waals surface area contributed by atoms with Gasteiger partial charge in [0, 0.05) is 12.0 Å². The van der Waals surface area contributed by atoms with Gasteiger partial charge in [0.15, 0.2) is 0 Å². The van der Waals surface area contributed by atoms with Crippen molar-refractivity contribution in [3.05, 3.63) is 34.9 Å². The molecule has 0 unspecified atom stereocenters. The Balaban J connectivity index is 0.000000845. The van der Waals surface area contributed by atoms with Crippen molar-refractivity contribution in [2.24, 2.45) is 5.73 Å². The van der Waals surface area contributed by atoms with Gasteiger partial charge in [0.25, 0.3) is 0 Å². The van der Waals surface area contributed by atoms with Crippen molar-refractivity contribution in [2.75, 3.05) is 0 Å². The zero-order valence-electron chi connectivity index (χ0n) is 8.08. The summed E-state index contributed by atoms with van der Waals surface area (Å²) in [5.41, 5.74) is 9.96. The molecule has 13 heavy (non-hydrogen) atoms. The molecule has 1 nitrogen and oxygen atoms in total. The SMILES string of the molecule is Cc1ccc([C@@H]2C[C@H]2N)cc1C.Cl. The third-order valence-corrected chi connectivity index (χ3v) is 2.80. The van der Waals surface area contributed by atoms with E-state index in [0.29, 0.717) is 12.0 Å². The normalized spacial score (nSPS) is 25.2. The first-order valence-electron chi connectivity index (χ1n) is 4.51. The second-order valence-corrected chi connectivity index (χ2v) is 3.85. The third-order valence-electron chi connectivity index (χ3n) is 2.80. The first kappa shape index (κ1) is 10.6. The van der Waals surface area contributed by atoms with Crippen molar-refractivity contribution >= 4 is 12.4 Å². The Kier molecular flexibility index (Phi) is 2.99. The molecule has 0 aliphatic heterocycles. The molecule has 0 amide bonds. The summed E-state index contributed by atoms with van der Waals surface area (Å²) in [6.07, 6.45) is 1.17. The molecule has 2 atom stereocenters. The molecule has 0 radical (unpaired) electrons. The van der Waals surface area contributed by atoms with Crippen LogP contribution in [0.25, 0.3) is 0 Å². The van der Waals surface area contributed by atoms with E-state index in [1.807, 2.05) is 0 Å². The van der Waals surface area contributed by atoms with Gasteiger partial charge in [0.1, 0.15) is 0 Å². The molecule has 72 valence electrons. The van der Waals surface area contributed by atoms with Crippen molar-refractivity contribution in [3.8, 4) is 0 Å². The van der Waals surface area contributed by atoms with Crippen LogP contribution in [0.15, 0.2) is 18.2 Å². The summed E-state index contributed by atoms with van der Waals surface area (Å²) in [5.74, 6) is 0.643. The Bertz CT molecular complexity index is 309. The van der Waals surface area contributed by atoms with E-state index in [4.69, 9.17) is 5.73 Å². The second kappa shape index (κ2) is 3.69. The van der Waals surface area contributed by atoms with Gasteiger partial charge in [-0.15, -0.1) is 12.4 Å². The monoisotopic (exact) mass is 197 g/mol. The summed E-state index contributed by atoms with van der Waals surface area (Å²) in [4.78, 5) is 0. The molecule has 0 heterocycles. The summed E-state index contributed by atoms with van der Waals surface area (Å²) in [7, 11) is 0. The summed E-state index contributed by atoms with van der Waals surface area (Å²) in [6, 6.07) is 7.09. The zero-order valence-corrected chi connectivity index (χ0v) is 8.90. The number of benzene rings is 1. The van der Waals surface area contributed by atoms with Crippen LogP contribution in [-0.2, 0) is 0 Å². The molecule has 1 aliphatic rings. The van der Waals surface area contributed by atoms with Crippen molar-refractivity contribution in [1.29, 1.82) is 0 Å². The molecule has 0 bridgehead atoms. The van der Waals surface area contributed by atoms with Gasteiger partial charge in [-0.25, -0.2) is 0 Å². The Hall–Kier alpha value is -0.530. The Labute approximate surface area is 85.7 Å². The van der Waals surface area contributed by atoms with Crippen LogP contribution in [0.1, 0.15) is 29.0 Å². The zero-order chi connectivity index (χ0) is 8.72. The van der Waals surface area contributed by atoms with Crippen molar-refractivity contribution in [3.63, 3.8) is 0 Å². The highest BCUT2D eigenvalue weighted by Crippen LogP contribution is 2.39. The van der Waals surface area contributed by atoms with Crippen LogP contribution in [0.3, 0.4) is 0 Å². The molecule has 1 aliphatic carbocycles. The third kappa shape index (κ3) is 2.04. The fourth-order valence-corrected chi connectivity index (χ4v) is 1.59. The molecule has 2 rings (SSSR count). The first-order valence-corrected chi connectivity index (χ1v) is 4.51. The molecule has 0 saturated heterocycles. The Morgan fingerprint density at radius 2 is 1.85 bits per heavy atom. The highest BCUT2D eigenvalue weighted by Gasteiger charge is 2.34. The Morgan fingerprint density at radius 3 is 2.31 bits per heavy atom. The van der Waals surface area contributed by atoms with E-state index < -0.39 is 0 Å². The number of aryl methyl sites for hydroxylation is 2. The minimum absolute atomic E-state index is 0. The lowest BCUT2D eigenvalue weighted by molar-refractivity contribution is 0.987. The van der Waals surface area contributed by atoms with Crippen molar-refractivity contribution in [1.82, 2.24) is 0 Å². The average Bonchev–Trinajstić information content (AvgIpc) is 2.73. The molecule has 0 aromatic heterocycles. The minimum atomic E-state index is 0. The van der Waals surface area contributed by atoms with E-state index in [0.717, 1.165) is 0 Å². The highest BCUT2D eigenvalue weighted by molar-refractivity contribution is 5.85. The summed E-state index contributed by atoms with van der Waals surface area (Å²) in [6.45, 7) is 4.30. The number of hydrogen-bond acceptors (Lipinski definition) is 1. The number of nitrogens with two attached hydrogens (primary N) is 1. The largest absolute Gasteiger partial charge is 0.327 e. The molecule has 2 N–H and O–H groups in total. The van der Waals surface area contributed by atoms with Crippen LogP contribution in [0.5, 0.6) is 0 Å². The van der Waals surface area contributed by atoms with E-state index in [1.165, 1.54) is 23.1 Å². The predicted octanol–water partition coefficient (Wildman–Crippen LogP) is 2.54. The molecular weight excluding hydrogens is 182 g/mol. The fraction of sp³-hybridized carbons (Fsp3) is 0.455. The quantitative estimate of drug-likeness (QED) is 0.736. The van der Waals surface area contributed by atoms with Crippen LogP contribution in [0, 0.1) is 13.8 Å². The minimum Gasteiger partial charge on any atom is -0.327 e. The van der Waals surface area contributed by atoms with Gasteiger partial charge < -0.3 is 5.73 Å². The topological polar surface area (TPSA) is 26.0 Å². The van der Waals surface area contributed by atoms with E-state index in [2.05, 4.69) is 32.0 Å². The molecule has 1 aromatic carbocycles. The summed E-state index contributed by atoms with van der Waals surface area (Å²) >= 11 is 0. The van der Waals surface area contributed by atoms with Gasteiger partial charge in [-0.2, -0.15) is 0 Å². The van der Waals surface area contributed by atoms with Crippen molar-refractivity contribution < 1.29 is 0 Å². The number of hydrogen-bond donors (Lipinski definition) is 1. The molecular formula is C11H16ClN. The molecule has 1 aromatic rings. The van der Waals surface area contributed by atoms with Crippen LogP contribution in [0.4, 0.5) is 0 Å². The molecule has 2 heteroatoms. The lowest BCUT2D eigenvalue weighted by Crippen LogP contribution is -2.01. The maximum Gasteiger partial charge on any atom is 0.0115 e. The number of rotatable bonds is 1. The van der Waals surface area contributed by atoms with E-state index in [1.54, 1.807) is 0 Å². The van der Waals surface area contributed by atoms with E-state index >= 15 is 0 Å². The summed E-state index contributed by atoms with van der Waals surface area (Å²) < 4.78 is 0. The smallest absolute Gasteiger partial charge is 0.0115 e. The van der Waals surface area contributed by atoms with Crippen molar-refractivity contribution in [2.45, 2.75) is 32.2 Å². The molecule has 0 spiro atoms. The van der Waals surface area contributed by atoms with Gasteiger partial charge in [-0.1, -0.05) is 18.2 Å². The van der Waals surface area contributed by atoms with Gasteiger partial charge >= 0.3 is 0 Å². The second-order valence-electron chi connectivity index (χ2n) is 3.85. The average molecular weight is 198 g/mol. The summed E-state index contributed by atoms with van der Waals surface area (Å²) in [5, 5.41) is 0. The first-order chi connectivity index (χ1) is 5.68. The van der Waals surface area contributed by atoms with E-state index in [-0.39, 0.29) is 12.4 Å².